The van der Waals surface area contributed by atoms with Crippen LogP contribution >= 0.6 is 7.82 Å². The molecule has 0 aromatic heterocycles. The van der Waals surface area contributed by atoms with Crippen LogP contribution in [-0.2, 0) is 32.7 Å². The maximum atomic E-state index is 12.4. The Morgan fingerprint density at radius 2 is 1.14 bits per heavy atom. The van der Waals surface area contributed by atoms with Gasteiger partial charge in [0.2, 0.25) is 0 Å². The SMILES string of the molecule is CCC/C=C\CCCCCCCC(=O)OCC(COP(=O)(O)OCC)OC(=O)CCCCCCC/C=C\C/C=C\CCCC. The molecule has 1 N–H and O–H groups in total. The molecule has 0 aromatic carbocycles. The number of phosphoric ester groups is 1. The van der Waals surface area contributed by atoms with E-state index in [0.29, 0.717) is 6.42 Å². The van der Waals surface area contributed by atoms with Gasteiger partial charge in [-0.3, -0.25) is 18.6 Å². The van der Waals surface area contributed by atoms with Gasteiger partial charge in [-0.05, 0) is 64.7 Å². The van der Waals surface area contributed by atoms with E-state index in [0.717, 1.165) is 89.9 Å². The number of carbonyl (C=O) groups excluding carboxylic acids is 2. The van der Waals surface area contributed by atoms with Gasteiger partial charge in [0.1, 0.15) is 6.61 Å². The highest BCUT2D eigenvalue weighted by molar-refractivity contribution is 7.47. The molecule has 0 saturated heterocycles. The van der Waals surface area contributed by atoms with Gasteiger partial charge in [0.15, 0.2) is 6.10 Å². The molecule has 0 aliphatic rings. The van der Waals surface area contributed by atoms with Crippen molar-refractivity contribution in [3.05, 3.63) is 36.5 Å². The molecule has 8 nitrogen and oxygen atoms in total. The number of hydrogen-bond donors (Lipinski definition) is 1. The first-order valence-electron chi connectivity index (χ1n) is 17.3. The fourth-order valence-electron chi connectivity index (χ4n) is 4.35. The zero-order valence-corrected chi connectivity index (χ0v) is 29.0. The van der Waals surface area contributed by atoms with E-state index in [1.807, 2.05) is 0 Å². The maximum absolute atomic E-state index is 12.4. The summed E-state index contributed by atoms with van der Waals surface area (Å²) in [5.41, 5.74) is 0. The van der Waals surface area contributed by atoms with Crippen molar-refractivity contribution in [2.45, 2.75) is 155 Å². The first-order chi connectivity index (χ1) is 21.3. The Balaban J connectivity index is 4.24. The van der Waals surface area contributed by atoms with E-state index >= 15 is 0 Å². The van der Waals surface area contributed by atoms with Crippen molar-refractivity contribution in [3.63, 3.8) is 0 Å². The molecule has 0 spiro atoms. The third-order valence-electron chi connectivity index (χ3n) is 6.90. The monoisotopic (exact) mass is 642 g/mol. The average Bonchev–Trinajstić information content (AvgIpc) is 2.99. The van der Waals surface area contributed by atoms with Gasteiger partial charge in [0, 0.05) is 12.8 Å². The molecule has 0 bridgehead atoms. The van der Waals surface area contributed by atoms with Gasteiger partial charge in [-0.2, -0.15) is 0 Å². The second-order valence-corrected chi connectivity index (χ2v) is 12.6. The van der Waals surface area contributed by atoms with E-state index in [4.69, 9.17) is 18.5 Å². The van der Waals surface area contributed by atoms with Gasteiger partial charge < -0.3 is 14.4 Å². The first kappa shape index (κ1) is 42.3. The number of phosphoric acid groups is 1. The van der Waals surface area contributed by atoms with Gasteiger partial charge >= 0.3 is 19.8 Å². The predicted molar refractivity (Wildman–Crippen MR) is 179 cm³/mol. The summed E-state index contributed by atoms with van der Waals surface area (Å²) in [6, 6.07) is 0. The Bertz CT molecular complexity index is 824. The van der Waals surface area contributed by atoms with E-state index in [9.17, 15) is 19.0 Å². The number of hydrogen-bond acceptors (Lipinski definition) is 7. The fourth-order valence-corrected chi connectivity index (χ4v) is 5.11. The minimum absolute atomic E-state index is 0.00443. The number of unbranched alkanes of at least 4 members (excludes halogenated alkanes) is 13. The lowest BCUT2D eigenvalue weighted by atomic mass is 10.1. The van der Waals surface area contributed by atoms with Crippen molar-refractivity contribution in [2.75, 3.05) is 19.8 Å². The first-order valence-corrected chi connectivity index (χ1v) is 18.8. The highest BCUT2D eigenvalue weighted by atomic mass is 31.2. The van der Waals surface area contributed by atoms with Crippen LogP contribution in [0.15, 0.2) is 36.5 Å². The number of rotatable bonds is 31. The third-order valence-corrected chi connectivity index (χ3v) is 7.96. The van der Waals surface area contributed by atoms with E-state index in [2.05, 4.69) is 50.3 Å². The van der Waals surface area contributed by atoms with Crippen LogP contribution in [0.2, 0.25) is 0 Å². The number of allylic oxidation sites excluding steroid dienone is 6. The van der Waals surface area contributed by atoms with Crippen molar-refractivity contribution in [3.8, 4) is 0 Å². The van der Waals surface area contributed by atoms with E-state index in [1.54, 1.807) is 6.92 Å². The molecular formula is C35H63O8P. The normalized spacial score (nSPS) is 14.0. The Hall–Kier alpha value is -1.73. The molecule has 0 fully saturated rings. The van der Waals surface area contributed by atoms with Crippen molar-refractivity contribution < 1.29 is 37.6 Å². The number of ether oxygens (including phenoxy) is 2. The quantitative estimate of drug-likeness (QED) is 0.0344. The Labute approximate surface area is 268 Å². The molecular weight excluding hydrogens is 579 g/mol. The molecule has 0 aliphatic carbocycles. The van der Waals surface area contributed by atoms with Crippen molar-refractivity contribution in [1.82, 2.24) is 0 Å². The number of esters is 2. The molecule has 2 atom stereocenters. The molecule has 0 radical (unpaired) electrons. The Morgan fingerprint density at radius 3 is 1.73 bits per heavy atom. The summed E-state index contributed by atoms with van der Waals surface area (Å²) in [6.07, 6.45) is 32.0. The molecule has 0 aliphatic heterocycles. The van der Waals surface area contributed by atoms with Crippen molar-refractivity contribution in [2.24, 2.45) is 0 Å². The maximum Gasteiger partial charge on any atom is 0.472 e. The summed E-state index contributed by atoms with van der Waals surface area (Å²) in [7, 11) is -4.27. The molecule has 0 saturated carbocycles. The van der Waals surface area contributed by atoms with Crippen LogP contribution in [-0.4, -0.2) is 42.8 Å². The van der Waals surface area contributed by atoms with Crippen LogP contribution in [0, 0.1) is 0 Å². The van der Waals surface area contributed by atoms with Crippen LogP contribution in [0.5, 0.6) is 0 Å². The van der Waals surface area contributed by atoms with E-state index in [-0.39, 0.29) is 32.0 Å². The molecule has 0 amide bonds. The lowest BCUT2D eigenvalue weighted by molar-refractivity contribution is -0.161. The van der Waals surface area contributed by atoms with Crippen LogP contribution in [0.1, 0.15) is 149 Å². The molecule has 9 heteroatoms. The van der Waals surface area contributed by atoms with Gasteiger partial charge in [-0.15, -0.1) is 0 Å². The predicted octanol–water partition coefficient (Wildman–Crippen LogP) is 10.1. The molecule has 0 rings (SSSR count). The zero-order chi connectivity index (χ0) is 32.6. The molecule has 0 aromatic rings. The summed E-state index contributed by atoms with van der Waals surface area (Å²) >= 11 is 0. The van der Waals surface area contributed by atoms with E-state index in [1.165, 1.54) is 19.3 Å². The number of carbonyl (C=O) groups is 2. The topological polar surface area (TPSA) is 108 Å². The summed E-state index contributed by atoms with van der Waals surface area (Å²) in [4.78, 5) is 34.4. The third kappa shape index (κ3) is 30.3. The Morgan fingerprint density at radius 1 is 0.614 bits per heavy atom. The second-order valence-electron chi connectivity index (χ2n) is 11.2. The average molecular weight is 643 g/mol. The zero-order valence-electron chi connectivity index (χ0n) is 28.1. The smallest absolute Gasteiger partial charge is 0.462 e. The van der Waals surface area contributed by atoms with Crippen LogP contribution in [0.4, 0.5) is 0 Å². The van der Waals surface area contributed by atoms with Gasteiger partial charge in [0.05, 0.1) is 13.2 Å². The van der Waals surface area contributed by atoms with Crippen molar-refractivity contribution in [1.29, 1.82) is 0 Å². The fraction of sp³-hybridized carbons (Fsp3) is 0.771. The van der Waals surface area contributed by atoms with E-state index < -0.39 is 26.5 Å². The standard InChI is InChI=1S/C35H63O8P/c1-4-7-9-11-13-15-17-18-19-20-22-24-26-28-30-35(37)43-33(32-42-44(38,39)41-6-3)31-40-34(36)29-27-25-23-21-16-14-12-10-8-5-2/h10-13,17-18,33H,4-9,14-16,19-32H2,1-3H3,(H,38,39)/b12-10-,13-11-,18-17-. The molecule has 0 heterocycles. The lowest BCUT2D eigenvalue weighted by Crippen LogP contribution is -2.29. The van der Waals surface area contributed by atoms with Gasteiger partial charge in [0.25, 0.3) is 0 Å². The minimum Gasteiger partial charge on any atom is -0.462 e. The second kappa shape index (κ2) is 31.3. The van der Waals surface area contributed by atoms with Crippen LogP contribution < -0.4 is 0 Å². The molecule has 44 heavy (non-hydrogen) atoms. The largest absolute Gasteiger partial charge is 0.472 e. The van der Waals surface area contributed by atoms with Gasteiger partial charge in [-0.25, -0.2) is 4.57 Å². The highest BCUT2D eigenvalue weighted by Crippen LogP contribution is 2.43. The lowest BCUT2D eigenvalue weighted by Gasteiger charge is -2.19. The summed E-state index contributed by atoms with van der Waals surface area (Å²) in [5, 5.41) is 0. The summed E-state index contributed by atoms with van der Waals surface area (Å²) < 4.78 is 32.4. The molecule has 2 unspecified atom stereocenters. The summed E-state index contributed by atoms with van der Waals surface area (Å²) in [5.74, 6) is -0.831. The minimum atomic E-state index is -4.27. The van der Waals surface area contributed by atoms with Crippen LogP contribution in [0.25, 0.3) is 0 Å². The Kier molecular flexibility index (Phi) is 30.0. The van der Waals surface area contributed by atoms with Crippen LogP contribution in [0.3, 0.4) is 0 Å². The van der Waals surface area contributed by atoms with Crippen molar-refractivity contribution >= 4 is 19.8 Å². The highest BCUT2D eigenvalue weighted by Gasteiger charge is 2.25. The molecule has 256 valence electrons. The summed E-state index contributed by atoms with van der Waals surface area (Å²) in [6.45, 7) is 5.31. The van der Waals surface area contributed by atoms with Gasteiger partial charge in [-0.1, -0.05) is 108 Å².